The second-order valence-corrected chi connectivity index (χ2v) is 19.2. The van der Waals surface area contributed by atoms with Gasteiger partial charge in [-0.3, -0.25) is 0 Å². The lowest BCUT2D eigenvalue weighted by Crippen LogP contribution is -2.37. The van der Waals surface area contributed by atoms with E-state index in [1.807, 2.05) is 0 Å². The normalized spacial score (nSPS) is 16.9. The minimum Gasteiger partial charge on any atom is -0.494 e. The zero-order chi connectivity index (χ0) is 47.3. The molecular weight excluding hydrogens is 843 g/mol. The monoisotopic (exact) mass is 914 g/mol. The number of nitrogens with zero attached hydrogens (tertiary/aromatic N) is 1. The number of methoxy groups -OCH3 is 2. The molecule has 0 saturated carbocycles. The molecule has 2 aliphatic heterocycles. The van der Waals surface area contributed by atoms with Crippen molar-refractivity contribution in [3.63, 3.8) is 0 Å². The zero-order valence-corrected chi connectivity index (χ0v) is 41.6. The van der Waals surface area contributed by atoms with E-state index in [2.05, 4.69) is 155 Å². The number of unbranched alkanes of at least 4 members (excludes halogenated alkanes) is 5. The molecular formula is C61H71NO6. The average Bonchev–Trinajstić information content (AvgIpc) is 3.65. The van der Waals surface area contributed by atoms with Crippen LogP contribution in [0.25, 0.3) is 39.1 Å². The fraction of sp³-hybridized carbons (Fsp3) is 0.410. The standard InChI is InChI=1S/C61H71NO6/c1-8-11-14-31-60(32-15-12-9-2)54-39-44(43-16-25-49(26-17-43)67-42(4)5)18-29-50(54)57-52-40-55(63-6)56(64-7)41-53(52)59-51(58(57)60)30-33-61(68-59,46-21-27-48(28-22-46)66-36-13-10-3)45-19-23-47(24-20-45)62-34-37-65-38-35-62/h16-30,33,39-42H,8-15,31-32,34-38H2,1-7H3. The first-order valence-corrected chi connectivity index (χ1v) is 25.5. The Balaban J connectivity index is 1.29. The summed E-state index contributed by atoms with van der Waals surface area (Å²) in [7, 11) is 3.46. The van der Waals surface area contributed by atoms with Crippen LogP contribution in [0, 0.1) is 0 Å². The van der Waals surface area contributed by atoms with Crippen molar-refractivity contribution in [2.45, 2.75) is 116 Å². The Labute approximate surface area is 405 Å². The molecule has 0 amide bonds. The van der Waals surface area contributed by atoms with Gasteiger partial charge in [0.15, 0.2) is 17.1 Å². The van der Waals surface area contributed by atoms with Gasteiger partial charge in [-0.15, -0.1) is 0 Å². The molecule has 1 aliphatic carbocycles. The van der Waals surface area contributed by atoms with Crippen molar-refractivity contribution in [3.8, 4) is 51.0 Å². The average molecular weight is 914 g/mol. The van der Waals surface area contributed by atoms with E-state index in [0.29, 0.717) is 18.1 Å². The van der Waals surface area contributed by atoms with Gasteiger partial charge >= 0.3 is 0 Å². The highest BCUT2D eigenvalue weighted by molar-refractivity contribution is 6.10. The van der Waals surface area contributed by atoms with Gasteiger partial charge in [-0.1, -0.05) is 120 Å². The summed E-state index contributed by atoms with van der Waals surface area (Å²) in [4.78, 5) is 2.40. The van der Waals surface area contributed by atoms with Crippen molar-refractivity contribution in [1.82, 2.24) is 0 Å². The van der Waals surface area contributed by atoms with Gasteiger partial charge in [0.2, 0.25) is 0 Å². The van der Waals surface area contributed by atoms with E-state index in [9.17, 15) is 0 Å². The van der Waals surface area contributed by atoms with E-state index in [1.165, 1.54) is 51.9 Å². The van der Waals surface area contributed by atoms with Crippen LogP contribution in [0.1, 0.15) is 127 Å². The Hall–Kier alpha value is -5.92. The highest BCUT2D eigenvalue weighted by Gasteiger charge is 2.48. The van der Waals surface area contributed by atoms with Crippen LogP contribution in [0.3, 0.4) is 0 Å². The number of ether oxygens (including phenoxy) is 6. The number of benzene rings is 6. The minimum atomic E-state index is -0.954. The quantitative estimate of drug-likeness (QED) is 0.0707. The Morgan fingerprint density at radius 1 is 0.647 bits per heavy atom. The SMILES string of the molecule is CCCCCC1(CCCCC)c2cc(-c3ccc(OC(C)C)cc3)ccc2-c2c1c1c(c3cc(OC)c(OC)cc23)OC(c2ccc(OCCCC)cc2)(c2ccc(N3CCOCC3)cc2)C=C1. The van der Waals surface area contributed by atoms with Crippen molar-refractivity contribution >= 4 is 22.5 Å². The van der Waals surface area contributed by atoms with E-state index in [-0.39, 0.29) is 11.5 Å². The fourth-order valence-corrected chi connectivity index (χ4v) is 11.1. The summed E-state index contributed by atoms with van der Waals surface area (Å²) in [5, 5.41) is 2.11. The van der Waals surface area contributed by atoms with Crippen LogP contribution < -0.4 is 28.6 Å². The molecule has 1 unspecified atom stereocenters. The van der Waals surface area contributed by atoms with Crippen LogP contribution in [-0.4, -0.2) is 53.2 Å². The van der Waals surface area contributed by atoms with Gasteiger partial charge in [0, 0.05) is 46.3 Å². The molecule has 356 valence electrons. The van der Waals surface area contributed by atoms with Gasteiger partial charge in [0.05, 0.1) is 40.1 Å². The second-order valence-electron chi connectivity index (χ2n) is 19.2. The van der Waals surface area contributed by atoms with Crippen molar-refractivity contribution in [2.75, 3.05) is 52.0 Å². The highest BCUT2D eigenvalue weighted by atomic mass is 16.5. The minimum absolute atomic E-state index is 0.116. The molecule has 0 spiro atoms. The zero-order valence-electron chi connectivity index (χ0n) is 41.6. The largest absolute Gasteiger partial charge is 0.494 e. The van der Waals surface area contributed by atoms with E-state index < -0.39 is 5.60 Å². The first kappa shape index (κ1) is 47.2. The second kappa shape index (κ2) is 20.7. The van der Waals surface area contributed by atoms with Gasteiger partial charge in [0.1, 0.15) is 17.2 Å². The highest BCUT2D eigenvalue weighted by Crippen LogP contribution is 2.62. The molecule has 2 heterocycles. The summed E-state index contributed by atoms with van der Waals surface area (Å²) in [6.07, 6.45) is 15.9. The third-order valence-corrected chi connectivity index (χ3v) is 14.5. The third-order valence-electron chi connectivity index (χ3n) is 14.5. The van der Waals surface area contributed by atoms with E-state index in [1.54, 1.807) is 14.2 Å². The van der Waals surface area contributed by atoms with Gasteiger partial charge in [-0.25, -0.2) is 0 Å². The molecule has 1 fully saturated rings. The molecule has 7 nitrogen and oxygen atoms in total. The first-order chi connectivity index (χ1) is 33.3. The maximum Gasteiger partial charge on any atom is 0.178 e. The van der Waals surface area contributed by atoms with Gasteiger partial charge in [0.25, 0.3) is 0 Å². The number of morpholine rings is 1. The van der Waals surface area contributed by atoms with E-state index in [4.69, 9.17) is 28.4 Å². The van der Waals surface area contributed by atoms with Gasteiger partial charge < -0.3 is 33.3 Å². The molecule has 9 rings (SSSR count). The molecule has 0 bridgehead atoms. The summed E-state index contributed by atoms with van der Waals surface area (Å²) >= 11 is 0. The number of hydrogen-bond acceptors (Lipinski definition) is 7. The lowest BCUT2D eigenvalue weighted by atomic mass is 9.68. The smallest absolute Gasteiger partial charge is 0.178 e. The Morgan fingerprint density at radius 2 is 1.25 bits per heavy atom. The molecule has 7 heteroatoms. The van der Waals surface area contributed by atoms with Crippen molar-refractivity contribution < 1.29 is 28.4 Å². The number of fused-ring (bicyclic) bond motifs is 8. The number of rotatable bonds is 20. The van der Waals surface area contributed by atoms with Crippen LogP contribution in [0.5, 0.6) is 28.7 Å². The lowest BCUT2D eigenvalue weighted by Gasteiger charge is -2.40. The molecule has 0 aromatic heterocycles. The van der Waals surface area contributed by atoms with Crippen LogP contribution in [0.4, 0.5) is 5.69 Å². The maximum atomic E-state index is 7.93. The van der Waals surface area contributed by atoms with E-state index >= 15 is 0 Å². The molecule has 68 heavy (non-hydrogen) atoms. The Bertz CT molecular complexity index is 2690. The summed E-state index contributed by atoms with van der Waals surface area (Å²) in [6.45, 7) is 14.9. The van der Waals surface area contributed by atoms with Crippen molar-refractivity contribution in [2.24, 2.45) is 0 Å². The number of hydrogen-bond donors (Lipinski definition) is 0. The Morgan fingerprint density at radius 3 is 1.87 bits per heavy atom. The molecule has 1 atom stereocenters. The summed E-state index contributed by atoms with van der Waals surface area (Å²) < 4.78 is 38.2. The van der Waals surface area contributed by atoms with E-state index in [0.717, 1.165) is 122 Å². The van der Waals surface area contributed by atoms with Crippen molar-refractivity contribution in [1.29, 1.82) is 0 Å². The summed E-state index contributed by atoms with van der Waals surface area (Å²) in [5.41, 5.74) is 11.0. The summed E-state index contributed by atoms with van der Waals surface area (Å²) in [5.74, 6) is 3.99. The van der Waals surface area contributed by atoms with Crippen molar-refractivity contribution in [3.05, 3.63) is 137 Å². The van der Waals surface area contributed by atoms with Crippen LogP contribution in [0.15, 0.2) is 109 Å². The lowest BCUT2D eigenvalue weighted by molar-refractivity contribution is 0.122. The molecule has 3 aliphatic rings. The number of anilines is 1. The fourth-order valence-electron chi connectivity index (χ4n) is 11.1. The van der Waals surface area contributed by atoms with Gasteiger partial charge in [-0.2, -0.15) is 0 Å². The molecule has 6 aromatic rings. The topological polar surface area (TPSA) is 58.6 Å². The molecule has 6 aromatic carbocycles. The van der Waals surface area contributed by atoms with Crippen LogP contribution in [0.2, 0.25) is 0 Å². The molecule has 0 N–H and O–H groups in total. The molecule has 0 radical (unpaired) electrons. The summed E-state index contributed by atoms with van der Waals surface area (Å²) in [6, 6.07) is 37.8. The third kappa shape index (κ3) is 8.95. The first-order valence-electron chi connectivity index (χ1n) is 25.5. The predicted molar refractivity (Wildman–Crippen MR) is 280 cm³/mol. The predicted octanol–water partition coefficient (Wildman–Crippen LogP) is 15.1. The molecule has 1 saturated heterocycles. The van der Waals surface area contributed by atoms with Gasteiger partial charge in [-0.05, 0) is 133 Å². The maximum absolute atomic E-state index is 7.93. The van der Waals surface area contributed by atoms with Crippen LogP contribution in [-0.2, 0) is 15.8 Å². The Kier molecular flexibility index (Phi) is 14.4. The van der Waals surface area contributed by atoms with Crippen LogP contribution >= 0.6 is 0 Å².